The monoisotopic (exact) mass is 505 g/mol. The maximum Gasteiger partial charge on any atom is 0.245 e. The highest BCUT2D eigenvalue weighted by atomic mass is 35.5. The fraction of sp³-hybridized carbons (Fsp3) is 0.654. The average Bonchev–Trinajstić information content (AvgIpc) is 3.28. The van der Waals surface area contributed by atoms with Crippen LogP contribution in [-0.2, 0) is 20.8 Å². The van der Waals surface area contributed by atoms with Crippen LogP contribution >= 0.6 is 11.6 Å². The van der Waals surface area contributed by atoms with Crippen LogP contribution < -0.4 is 16.0 Å². The highest BCUT2D eigenvalue weighted by Gasteiger charge is 2.37. The van der Waals surface area contributed by atoms with Crippen LogP contribution in [0.4, 0.5) is 0 Å². The van der Waals surface area contributed by atoms with Crippen LogP contribution in [0.15, 0.2) is 24.3 Å². The molecule has 0 spiro atoms. The van der Waals surface area contributed by atoms with Gasteiger partial charge in [-0.15, -0.1) is 0 Å². The molecule has 0 bridgehead atoms. The van der Waals surface area contributed by atoms with E-state index in [2.05, 4.69) is 16.0 Å². The number of hydrogen-bond donors (Lipinski definition) is 3. The summed E-state index contributed by atoms with van der Waals surface area (Å²) in [6.07, 6.45) is 1.62. The lowest BCUT2D eigenvalue weighted by Crippen LogP contribution is -2.59. The van der Waals surface area contributed by atoms with Gasteiger partial charge >= 0.3 is 0 Å². The van der Waals surface area contributed by atoms with Crippen LogP contribution in [-0.4, -0.2) is 84.4 Å². The second kappa shape index (κ2) is 12.7. The Kier molecular flexibility index (Phi) is 9.95. The van der Waals surface area contributed by atoms with Crippen molar-refractivity contribution >= 4 is 29.3 Å². The van der Waals surface area contributed by atoms with E-state index in [1.807, 2.05) is 44.7 Å². The molecule has 2 aliphatic heterocycles. The predicted octanol–water partition coefficient (Wildman–Crippen LogP) is 1.81. The minimum absolute atomic E-state index is 0.0127. The van der Waals surface area contributed by atoms with Crippen molar-refractivity contribution in [1.82, 2.24) is 25.8 Å². The van der Waals surface area contributed by atoms with Gasteiger partial charge in [-0.2, -0.15) is 0 Å². The number of nitrogens with zero attached hydrogens (tertiary/aromatic N) is 2. The van der Waals surface area contributed by atoms with E-state index >= 15 is 0 Å². The lowest BCUT2D eigenvalue weighted by Gasteiger charge is -2.34. The highest BCUT2D eigenvalue weighted by molar-refractivity contribution is 6.30. The number of halogens is 1. The first-order valence-electron chi connectivity index (χ1n) is 12.7. The zero-order valence-electron chi connectivity index (χ0n) is 21.4. The molecule has 3 unspecified atom stereocenters. The normalized spacial score (nSPS) is 21.3. The van der Waals surface area contributed by atoms with Crippen LogP contribution in [0.3, 0.4) is 0 Å². The number of benzene rings is 1. The van der Waals surface area contributed by atoms with E-state index in [0.29, 0.717) is 44.0 Å². The van der Waals surface area contributed by atoms with Crippen LogP contribution in [0.1, 0.15) is 46.1 Å². The summed E-state index contributed by atoms with van der Waals surface area (Å²) in [7, 11) is 0. The van der Waals surface area contributed by atoms with Gasteiger partial charge in [0.1, 0.15) is 6.04 Å². The molecule has 3 atom stereocenters. The Hall–Kier alpha value is -2.16. The van der Waals surface area contributed by atoms with Crippen LogP contribution in [0.2, 0.25) is 5.02 Å². The molecule has 35 heavy (non-hydrogen) atoms. The van der Waals surface area contributed by atoms with E-state index in [9.17, 15) is 14.4 Å². The van der Waals surface area contributed by atoms with Crippen molar-refractivity contribution in [1.29, 1.82) is 0 Å². The Bertz CT molecular complexity index is 870. The van der Waals surface area contributed by atoms with E-state index in [1.165, 1.54) is 0 Å². The standard InChI is InChI=1S/C26H40ClN5O3/c1-17(2)13-24(33)32(18(3)4)21-9-12-31(16-21)26(35)22(14-19-5-7-20(27)8-6-19)30-25(34)23-15-28-10-11-29-23/h5-8,17-18,21-23,28-29H,9-16H2,1-4H3,(H,30,34). The first-order valence-corrected chi connectivity index (χ1v) is 13.1. The average molecular weight is 506 g/mol. The number of carbonyl (C=O) groups is 3. The van der Waals surface area contributed by atoms with E-state index in [-0.39, 0.29) is 41.8 Å². The van der Waals surface area contributed by atoms with Gasteiger partial charge in [-0.3, -0.25) is 14.4 Å². The SMILES string of the molecule is CC(C)CC(=O)N(C(C)C)C1CCN(C(=O)C(Cc2ccc(Cl)cc2)NC(=O)C2CNCCN2)C1. The molecule has 8 nitrogen and oxygen atoms in total. The van der Waals surface area contributed by atoms with Gasteiger partial charge in [-0.05, 0) is 43.9 Å². The summed E-state index contributed by atoms with van der Waals surface area (Å²) in [6, 6.07) is 6.34. The molecule has 0 aliphatic carbocycles. The van der Waals surface area contributed by atoms with Gasteiger partial charge in [-0.25, -0.2) is 0 Å². The molecule has 1 aromatic carbocycles. The Morgan fingerprint density at radius 2 is 1.86 bits per heavy atom. The molecule has 0 radical (unpaired) electrons. The quantitative estimate of drug-likeness (QED) is 0.476. The van der Waals surface area contributed by atoms with Crippen molar-refractivity contribution in [3.05, 3.63) is 34.9 Å². The topological polar surface area (TPSA) is 93.8 Å². The highest BCUT2D eigenvalue weighted by Crippen LogP contribution is 2.22. The Morgan fingerprint density at radius 1 is 1.14 bits per heavy atom. The smallest absolute Gasteiger partial charge is 0.245 e. The molecular weight excluding hydrogens is 466 g/mol. The summed E-state index contributed by atoms with van der Waals surface area (Å²) in [6.45, 7) is 11.2. The van der Waals surface area contributed by atoms with Crippen molar-refractivity contribution < 1.29 is 14.4 Å². The number of carbonyl (C=O) groups excluding carboxylic acids is 3. The zero-order valence-corrected chi connectivity index (χ0v) is 22.1. The Balaban J connectivity index is 1.72. The lowest BCUT2D eigenvalue weighted by atomic mass is 10.0. The minimum atomic E-state index is -0.690. The maximum atomic E-state index is 13.7. The van der Waals surface area contributed by atoms with E-state index in [1.54, 1.807) is 17.0 Å². The number of nitrogens with one attached hydrogen (secondary N) is 3. The molecule has 0 aromatic heterocycles. The van der Waals surface area contributed by atoms with Crippen molar-refractivity contribution in [3.8, 4) is 0 Å². The fourth-order valence-electron chi connectivity index (χ4n) is 4.92. The summed E-state index contributed by atoms with van der Waals surface area (Å²) in [5.74, 6) is 0.122. The summed E-state index contributed by atoms with van der Waals surface area (Å²) in [4.78, 5) is 43.3. The lowest BCUT2D eigenvalue weighted by molar-refractivity contribution is -0.138. The second-order valence-electron chi connectivity index (χ2n) is 10.3. The molecule has 2 heterocycles. The van der Waals surface area contributed by atoms with Crippen LogP contribution in [0.5, 0.6) is 0 Å². The number of hydrogen-bond acceptors (Lipinski definition) is 5. The largest absolute Gasteiger partial charge is 0.343 e. The Morgan fingerprint density at radius 3 is 2.46 bits per heavy atom. The zero-order chi connectivity index (χ0) is 25.5. The summed E-state index contributed by atoms with van der Waals surface area (Å²) in [5, 5.41) is 10.0. The maximum absolute atomic E-state index is 13.7. The first-order chi connectivity index (χ1) is 16.7. The first kappa shape index (κ1) is 27.4. The summed E-state index contributed by atoms with van der Waals surface area (Å²) < 4.78 is 0. The Labute approximate surface area is 214 Å². The predicted molar refractivity (Wildman–Crippen MR) is 138 cm³/mol. The van der Waals surface area contributed by atoms with Gasteiger partial charge in [0.2, 0.25) is 17.7 Å². The third-order valence-electron chi connectivity index (χ3n) is 6.62. The van der Waals surface area contributed by atoms with Gasteiger partial charge in [0.05, 0.1) is 12.1 Å². The number of piperazine rings is 1. The minimum Gasteiger partial charge on any atom is -0.343 e. The number of rotatable bonds is 9. The molecule has 0 saturated carbocycles. The molecule has 9 heteroatoms. The van der Waals surface area contributed by atoms with Gasteiger partial charge in [0.15, 0.2) is 0 Å². The fourth-order valence-corrected chi connectivity index (χ4v) is 5.05. The summed E-state index contributed by atoms with van der Waals surface area (Å²) >= 11 is 6.04. The molecule has 1 aromatic rings. The van der Waals surface area contributed by atoms with Crippen molar-refractivity contribution in [2.45, 2.75) is 71.1 Å². The van der Waals surface area contributed by atoms with Crippen molar-refractivity contribution in [2.24, 2.45) is 5.92 Å². The van der Waals surface area contributed by atoms with Gasteiger partial charge in [0.25, 0.3) is 0 Å². The molecule has 3 amide bonds. The molecule has 3 rings (SSSR count). The van der Waals surface area contributed by atoms with Gasteiger partial charge < -0.3 is 25.8 Å². The third-order valence-corrected chi connectivity index (χ3v) is 6.87. The van der Waals surface area contributed by atoms with E-state index in [0.717, 1.165) is 18.5 Å². The number of amides is 3. The van der Waals surface area contributed by atoms with Gasteiger partial charge in [-0.1, -0.05) is 37.6 Å². The number of likely N-dealkylation sites (tertiary alicyclic amines) is 1. The molecule has 3 N–H and O–H groups in total. The van der Waals surface area contributed by atoms with Gasteiger partial charge in [0, 0.05) is 56.6 Å². The van der Waals surface area contributed by atoms with Crippen molar-refractivity contribution in [3.63, 3.8) is 0 Å². The van der Waals surface area contributed by atoms with Crippen LogP contribution in [0, 0.1) is 5.92 Å². The van der Waals surface area contributed by atoms with E-state index < -0.39 is 6.04 Å². The van der Waals surface area contributed by atoms with E-state index in [4.69, 9.17) is 11.6 Å². The molecule has 2 saturated heterocycles. The van der Waals surface area contributed by atoms with Crippen molar-refractivity contribution in [2.75, 3.05) is 32.7 Å². The summed E-state index contributed by atoms with van der Waals surface area (Å²) in [5.41, 5.74) is 0.925. The second-order valence-corrected chi connectivity index (χ2v) is 10.8. The molecule has 194 valence electrons. The molecular formula is C26H40ClN5O3. The van der Waals surface area contributed by atoms with Crippen LogP contribution in [0.25, 0.3) is 0 Å². The molecule has 2 aliphatic rings. The molecule has 2 fully saturated rings. The third kappa shape index (κ3) is 7.66.